The molecule has 53 heavy (non-hydrogen) atoms. The Morgan fingerprint density at radius 2 is 1.06 bits per heavy atom. The predicted octanol–water partition coefficient (Wildman–Crippen LogP) is -1.42. The lowest BCUT2D eigenvalue weighted by Crippen LogP contribution is -2.62. The van der Waals surface area contributed by atoms with E-state index in [1.165, 1.54) is 64.9 Å². The van der Waals surface area contributed by atoms with Crippen molar-refractivity contribution in [2.24, 2.45) is 0 Å². The maximum Gasteiger partial charge on any atom is 0.333 e. The van der Waals surface area contributed by atoms with Crippen LogP contribution in [0.25, 0.3) is 12.2 Å². The highest BCUT2D eigenvalue weighted by Crippen LogP contribution is 2.38. The molecule has 0 spiro atoms. The molecule has 2 saturated heterocycles. The molecule has 292 valence electrons. The fourth-order valence-electron chi connectivity index (χ4n) is 5.35. The standard InChI is InChI=1S/C34H42O19/c1-45-17-9-15(10-18(46-2)25(17)38)5-7-23(36)52-32-22(14-49-33-30(43)28(41)27(40)21(13-35)50-33)51-34(31(44)29(32)42)53-24(37)8-6-16-11-19(47-3)26(39)20(12-16)48-4/h5-12,21-22,27-35,38-44H,13-14H2,1-4H3/t21-,22+,27-,28-,29+,30+,31+,32+,33+,34-/m0/s1. The van der Waals surface area contributed by atoms with Gasteiger partial charge in [0.25, 0.3) is 0 Å². The van der Waals surface area contributed by atoms with Crippen LogP contribution in [0.3, 0.4) is 0 Å². The first-order chi connectivity index (χ1) is 25.3. The van der Waals surface area contributed by atoms with Gasteiger partial charge in [-0.3, -0.25) is 0 Å². The predicted molar refractivity (Wildman–Crippen MR) is 177 cm³/mol. The van der Waals surface area contributed by atoms with Gasteiger partial charge in [-0.2, -0.15) is 0 Å². The minimum absolute atomic E-state index is 0.0416. The smallest absolute Gasteiger partial charge is 0.333 e. The summed E-state index contributed by atoms with van der Waals surface area (Å²) in [5.74, 6) is -2.50. The Morgan fingerprint density at radius 1 is 0.623 bits per heavy atom. The molecular formula is C34H42O19. The molecule has 0 unspecified atom stereocenters. The number of carbonyl (C=O) groups excluding carboxylic acids is 2. The number of phenolic OH excluding ortho intramolecular Hbond substituents is 2. The lowest BCUT2D eigenvalue weighted by atomic mass is 9.98. The number of aliphatic hydroxyl groups excluding tert-OH is 6. The molecular weight excluding hydrogens is 712 g/mol. The van der Waals surface area contributed by atoms with Gasteiger partial charge >= 0.3 is 11.9 Å². The summed E-state index contributed by atoms with van der Waals surface area (Å²) < 4.78 is 47.7. The molecule has 19 heteroatoms. The van der Waals surface area contributed by atoms with E-state index in [1.54, 1.807) is 0 Å². The first-order valence-electron chi connectivity index (χ1n) is 15.9. The number of carbonyl (C=O) groups is 2. The molecule has 2 aromatic carbocycles. The number of hydrogen-bond acceptors (Lipinski definition) is 19. The molecule has 2 heterocycles. The van der Waals surface area contributed by atoms with Crippen LogP contribution in [0, 0.1) is 0 Å². The Kier molecular flexibility index (Phi) is 14.2. The van der Waals surface area contributed by atoms with Crippen LogP contribution in [0.2, 0.25) is 0 Å². The van der Waals surface area contributed by atoms with Crippen molar-refractivity contribution in [2.75, 3.05) is 41.7 Å². The normalized spacial score (nSPS) is 28.8. The van der Waals surface area contributed by atoms with Crippen LogP contribution in [-0.4, -0.2) is 156 Å². The van der Waals surface area contributed by atoms with Gasteiger partial charge in [0, 0.05) is 12.2 Å². The van der Waals surface area contributed by atoms with Crippen molar-refractivity contribution in [3.05, 3.63) is 47.5 Å². The molecule has 0 aromatic heterocycles. The first kappa shape index (κ1) is 41.1. The lowest BCUT2D eigenvalue weighted by Gasteiger charge is -2.43. The number of rotatable bonds is 14. The van der Waals surface area contributed by atoms with E-state index < -0.39 is 86.6 Å². The number of esters is 2. The summed E-state index contributed by atoms with van der Waals surface area (Å²) >= 11 is 0. The molecule has 8 N–H and O–H groups in total. The topological polar surface area (TPSA) is 279 Å². The Balaban J connectivity index is 1.54. The monoisotopic (exact) mass is 754 g/mol. The van der Waals surface area contributed by atoms with Crippen molar-refractivity contribution in [1.82, 2.24) is 0 Å². The van der Waals surface area contributed by atoms with Crippen molar-refractivity contribution in [2.45, 2.75) is 61.4 Å². The second kappa shape index (κ2) is 18.4. The fourth-order valence-corrected chi connectivity index (χ4v) is 5.35. The number of phenols is 2. The maximum atomic E-state index is 13.0. The van der Waals surface area contributed by atoms with Gasteiger partial charge in [0.1, 0.15) is 42.7 Å². The van der Waals surface area contributed by atoms with Crippen molar-refractivity contribution in [3.8, 4) is 34.5 Å². The summed E-state index contributed by atoms with van der Waals surface area (Å²) in [4.78, 5) is 25.8. The molecule has 0 radical (unpaired) electrons. The van der Waals surface area contributed by atoms with Crippen LogP contribution in [-0.2, 0) is 33.3 Å². The summed E-state index contributed by atoms with van der Waals surface area (Å²) in [6.45, 7) is -1.45. The highest BCUT2D eigenvalue weighted by Gasteiger charge is 2.50. The minimum atomic E-state index is -1.99. The molecule has 0 bridgehead atoms. The molecule has 4 rings (SSSR count). The van der Waals surface area contributed by atoms with Crippen LogP contribution >= 0.6 is 0 Å². The maximum absolute atomic E-state index is 13.0. The molecule has 10 atom stereocenters. The van der Waals surface area contributed by atoms with Gasteiger partial charge < -0.3 is 83.5 Å². The van der Waals surface area contributed by atoms with E-state index in [9.17, 15) is 50.4 Å². The molecule has 0 aliphatic carbocycles. The summed E-state index contributed by atoms with van der Waals surface area (Å²) in [5.41, 5.74) is 0.675. The molecule has 2 fully saturated rings. The quantitative estimate of drug-likeness (QED) is 0.0811. The largest absolute Gasteiger partial charge is 0.502 e. The Hall–Kier alpha value is -4.70. The third kappa shape index (κ3) is 9.65. The zero-order chi connectivity index (χ0) is 39.0. The van der Waals surface area contributed by atoms with Crippen LogP contribution in [0.1, 0.15) is 11.1 Å². The van der Waals surface area contributed by atoms with Crippen molar-refractivity contribution < 1.29 is 93.1 Å². The van der Waals surface area contributed by atoms with E-state index in [-0.39, 0.29) is 34.5 Å². The number of hydrogen-bond donors (Lipinski definition) is 8. The molecule has 0 amide bonds. The van der Waals surface area contributed by atoms with Gasteiger partial charge in [0.2, 0.25) is 17.8 Å². The Bertz CT molecular complexity index is 1570. The van der Waals surface area contributed by atoms with Crippen molar-refractivity contribution >= 4 is 24.1 Å². The SMILES string of the molecule is COc1cc(C=CC(=O)O[C@@H]2O[C@H](CO[C@@H]3O[C@@H](CO)[C@H](O)[C@H](O)[C@H]3O)[C@@H](OC(=O)C=Cc3cc(OC)c(O)c(OC)c3)[C@H](O)[C@H]2O)cc(OC)c1O. The van der Waals surface area contributed by atoms with E-state index in [1.807, 2.05) is 0 Å². The van der Waals surface area contributed by atoms with Gasteiger partial charge in [-0.05, 0) is 47.5 Å². The van der Waals surface area contributed by atoms with E-state index >= 15 is 0 Å². The van der Waals surface area contributed by atoms with Gasteiger partial charge in [-0.15, -0.1) is 0 Å². The van der Waals surface area contributed by atoms with E-state index in [0.717, 1.165) is 12.2 Å². The second-order valence-corrected chi connectivity index (χ2v) is 11.6. The number of aromatic hydroxyl groups is 2. The number of ether oxygens (including phenoxy) is 9. The highest BCUT2D eigenvalue weighted by atomic mass is 16.7. The molecule has 2 aromatic rings. The molecule has 0 saturated carbocycles. The Morgan fingerprint density at radius 3 is 1.51 bits per heavy atom. The van der Waals surface area contributed by atoms with Gasteiger partial charge in [0.05, 0.1) is 41.7 Å². The van der Waals surface area contributed by atoms with Gasteiger partial charge in [-0.1, -0.05) is 0 Å². The summed E-state index contributed by atoms with van der Waals surface area (Å²) in [6, 6.07) is 5.57. The summed E-state index contributed by atoms with van der Waals surface area (Å²) in [5, 5.41) is 82.5. The van der Waals surface area contributed by atoms with Crippen LogP contribution < -0.4 is 18.9 Å². The van der Waals surface area contributed by atoms with Crippen LogP contribution in [0.5, 0.6) is 34.5 Å². The first-order valence-corrected chi connectivity index (χ1v) is 15.9. The Labute approximate surface area is 302 Å². The zero-order valence-corrected chi connectivity index (χ0v) is 28.9. The van der Waals surface area contributed by atoms with Crippen LogP contribution in [0.15, 0.2) is 36.4 Å². The van der Waals surface area contributed by atoms with Crippen molar-refractivity contribution in [3.63, 3.8) is 0 Å². The molecule has 2 aliphatic rings. The third-order valence-corrected chi connectivity index (χ3v) is 8.23. The lowest BCUT2D eigenvalue weighted by molar-refractivity contribution is -0.327. The average molecular weight is 755 g/mol. The summed E-state index contributed by atoms with van der Waals surface area (Å²) in [6.07, 6.45) is -13.0. The fraction of sp³-hybridized carbons (Fsp3) is 0.471. The van der Waals surface area contributed by atoms with E-state index in [4.69, 9.17) is 42.6 Å². The molecule has 19 nitrogen and oxygen atoms in total. The number of aliphatic hydroxyl groups is 6. The number of benzene rings is 2. The average Bonchev–Trinajstić information content (AvgIpc) is 3.15. The third-order valence-electron chi connectivity index (χ3n) is 8.23. The zero-order valence-electron chi connectivity index (χ0n) is 28.9. The highest BCUT2D eigenvalue weighted by molar-refractivity contribution is 5.88. The van der Waals surface area contributed by atoms with E-state index in [2.05, 4.69) is 0 Å². The van der Waals surface area contributed by atoms with Gasteiger partial charge in [-0.25, -0.2) is 9.59 Å². The second-order valence-electron chi connectivity index (χ2n) is 11.6. The minimum Gasteiger partial charge on any atom is -0.502 e. The summed E-state index contributed by atoms with van der Waals surface area (Å²) in [7, 11) is 5.24. The number of methoxy groups -OCH3 is 4. The van der Waals surface area contributed by atoms with Crippen molar-refractivity contribution in [1.29, 1.82) is 0 Å². The van der Waals surface area contributed by atoms with E-state index in [0.29, 0.717) is 11.1 Å². The van der Waals surface area contributed by atoms with Crippen LogP contribution in [0.4, 0.5) is 0 Å². The van der Waals surface area contributed by atoms with Gasteiger partial charge in [0.15, 0.2) is 35.4 Å². The molecule has 2 aliphatic heterocycles.